The molecule has 0 aromatic heterocycles. The van der Waals surface area contributed by atoms with Crippen LogP contribution in [-0.2, 0) is 17.9 Å². The van der Waals surface area contributed by atoms with Crippen LogP contribution in [0.15, 0.2) is 24.3 Å². The number of carbonyl (C=O) groups excluding carboxylic acids is 1. The van der Waals surface area contributed by atoms with Gasteiger partial charge in [0.05, 0.1) is 6.61 Å². The first-order valence-corrected chi connectivity index (χ1v) is 5.86. The van der Waals surface area contributed by atoms with Crippen LogP contribution in [-0.4, -0.2) is 24.6 Å². The van der Waals surface area contributed by atoms with E-state index < -0.39 is 0 Å². The Labute approximate surface area is 102 Å². The van der Waals surface area contributed by atoms with Gasteiger partial charge >= 0.3 is 0 Å². The zero-order valence-electron chi connectivity index (χ0n) is 10.2. The second-order valence-electron chi connectivity index (χ2n) is 3.96. The molecule has 0 saturated heterocycles. The third-order valence-electron chi connectivity index (χ3n) is 2.53. The fourth-order valence-corrected chi connectivity index (χ4v) is 1.48. The lowest BCUT2D eigenvalue weighted by molar-refractivity contribution is -0.121. The van der Waals surface area contributed by atoms with Crippen molar-refractivity contribution in [2.45, 2.75) is 26.0 Å². The van der Waals surface area contributed by atoms with Crippen molar-refractivity contribution in [3.63, 3.8) is 0 Å². The fourth-order valence-electron chi connectivity index (χ4n) is 1.48. The first kappa shape index (κ1) is 13.7. The Hall–Kier alpha value is -1.39. The van der Waals surface area contributed by atoms with Crippen LogP contribution in [0.5, 0.6) is 0 Å². The van der Waals surface area contributed by atoms with Crippen LogP contribution in [0, 0.1) is 0 Å². The van der Waals surface area contributed by atoms with Gasteiger partial charge in [0.2, 0.25) is 5.91 Å². The predicted octanol–water partition coefficient (Wildman–Crippen LogP) is 0.795. The molecule has 0 aliphatic carbocycles. The lowest BCUT2D eigenvalue weighted by Crippen LogP contribution is -2.23. The highest BCUT2D eigenvalue weighted by Gasteiger charge is 2.00. The lowest BCUT2D eigenvalue weighted by atomic mass is 10.1. The highest BCUT2D eigenvalue weighted by Crippen LogP contribution is 2.04. The van der Waals surface area contributed by atoms with Gasteiger partial charge < -0.3 is 15.7 Å². The zero-order chi connectivity index (χ0) is 12.5. The molecule has 0 aliphatic rings. The van der Waals surface area contributed by atoms with Gasteiger partial charge in [0.1, 0.15) is 0 Å². The Morgan fingerprint density at radius 3 is 2.47 bits per heavy atom. The highest BCUT2D eigenvalue weighted by atomic mass is 16.3. The first-order valence-electron chi connectivity index (χ1n) is 5.86. The van der Waals surface area contributed by atoms with Gasteiger partial charge in [-0.15, -0.1) is 0 Å². The van der Waals surface area contributed by atoms with Gasteiger partial charge in [-0.3, -0.25) is 4.79 Å². The van der Waals surface area contributed by atoms with Gasteiger partial charge in [-0.05, 0) is 31.1 Å². The van der Waals surface area contributed by atoms with Crippen LogP contribution in [0.25, 0.3) is 0 Å². The molecule has 1 amide bonds. The molecule has 1 aromatic carbocycles. The molecule has 0 heterocycles. The van der Waals surface area contributed by atoms with E-state index in [2.05, 4.69) is 10.6 Å². The molecule has 0 spiro atoms. The molecule has 94 valence electrons. The number of nitrogens with one attached hydrogen (secondary N) is 2. The van der Waals surface area contributed by atoms with Crippen LogP contribution in [0.3, 0.4) is 0 Å². The maximum Gasteiger partial charge on any atom is 0.220 e. The number of carbonyl (C=O) groups is 1. The molecule has 4 heteroatoms. The molecule has 1 aromatic rings. The zero-order valence-corrected chi connectivity index (χ0v) is 10.2. The van der Waals surface area contributed by atoms with Crippen molar-refractivity contribution in [1.82, 2.24) is 10.6 Å². The van der Waals surface area contributed by atoms with Crippen LogP contribution >= 0.6 is 0 Å². The van der Waals surface area contributed by atoms with Crippen molar-refractivity contribution >= 4 is 5.91 Å². The Bertz CT molecular complexity index is 336. The molecule has 17 heavy (non-hydrogen) atoms. The Kier molecular flexibility index (Phi) is 6.29. The van der Waals surface area contributed by atoms with E-state index in [1.54, 1.807) is 0 Å². The molecule has 0 unspecified atom stereocenters. The van der Waals surface area contributed by atoms with E-state index in [9.17, 15) is 4.79 Å². The summed E-state index contributed by atoms with van der Waals surface area (Å²) < 4.78 is 0. The Morgan fingerprint density at radius 1 is 1.24 bits per heavy atom. The molecule has 4 nitrogen and oxygen atoms in total. The van der Waals surface area contributed by atoms with Crippen LogP contribution < -0.4 is 10.6 Å². The number of amides is 1. The summed E-state index contributed by atoms with van der Waals surface area (Å²) in [4.78, 5) is 11.4. The monoisotopic (exact) mass is 236 g/mol. The predicted molar refractivity (Wildman–Crippen MR) is 67.4 cm³/mol. The van der Waals surface area contributed by atoms with Crippen LogP contribution in [0.4, 0.5) is 0 Å². The Balaban J connectivity index is 2.27. The molecule has 3 N–H and O–H groups in total. The smallest absolute Gasteiger partial charge is 0.220 e. The van der Waals surface area contributed by atoms with Gasteiger partial charge in [0.15, 0.2) is 0 Å². The summed E-state index contributed by atoms with van der Waals surface area (Å²) in [5.41, 5.74) is 1.93. The molecular weight excluding hydrogens is 216 g/mol. The van der Waals surface area contributed by atoms with Crippen molar-refractivity contribution in [1.29, 1.82) is 0 Å². The van der Waals surface area contributed by atoms with Gasteiger partial charge in [-0.25, -0.2) is 0 Å². The summed E-state index contributed by atoms with van der Waals surface area (Å²) in [6.07, 6.45) is 1.40. The van der Waals surface area contributed by atoms with Crippen molar-refractivity contribution in [3.05, 3.63) is 35.4 Å². The number of aliphatic hydroxyl groups excluding tert-OH is 1. The third kappa shape index (κ3) is 5.47. The lowest BCUT2D eigenvalue weighted by Gasteiger charge is -2.06. The fraction of sp³-hybridized carbons (Fsp3) is 0.462. The maximum absolute atomic E-state index is 11.4. The molecule has 0 radical (unpaired) electrons. The average Bonchev–Trinajstić information content (AvgIpc) is 2.37. The number of rotatable bonds is 7. The molecular formula is C13H20N2O2. The molecule has 1 rings (SSSR count). The number of hydrogen-bond donors (Lipinski definition) is 3. The Morgan fingerprint density at radius 2 is 1.88 bits per heavy atom. The summed E-state index contributed by atoms with van der Waals surface area (Å²) >= 11 is 0. The minimum Gasteiger partial charge on any atom is -0.392 e. The van der Waals surface area contributed by atoms with E-state index in [-0.39, 0.29) is 12.5 Å². The molecule has 0 bridgehead atoms. The largest absolute Gasteiger partial charge is 0.392 e. The molecule has 0 atom stereocenters. The molecule has 0 aliphatic heterocycles. The third-order valence-corrected chi connectivity index (χ3v) is 2.53. The van der Waals surface area contributed by atoms with Gasteiger partial charge in [-0.2, -0.15) is 0 Å². The summed E-state index contributed by atoms with van der Waals surface area (Å²) in [5, 5.41) is 14.8. The minimum atomic E-state index is 0.0522. The molecule has 0 saturated carbocycles. The van der Waals surface area contributed by atoms with Gasteiger partial charge in [0.25, 0.3) is 0 Å². The van der Waals surface area contributed by atoms with Crippen molar-refractivity contribution < 1.29 is 9.90 Å². The highest BCUT2D eigenvalue weighted by molar-refractivity contribution is 5.75. The van der Waals surface area contributed by atoms with Gasteiger partial charge in [-0.1, -0.05) is 24.3 Å². The molecule has 0 fully saturated rings. The minimum absolute atomic E-state index is 0.0522. The van der Waals surface area contributed by atoms with Gasteiger partial charge in [0, 0.05) is 13.0 Å². The van der Waals surface area contributed by atoms with Crippen LogP contribution in [0.1, 0.15) is 24.0 Å². The van der Waals surface area contributed by atoms with E-state index >= 15 is 0 Å². The number of aliphatic hydroxyl groups is 1. The summed E-state index contributed by atoms with van der Waals surface area (Å²) in [7, 11) is 1.88. The standard InChI is InChI=1S/C13H20N2O2/c1-14-8-2-3-13(17)15-9-11-4-6-12(10-16)7-5-11/h4-7,14,16H,2-3,8-10H2,1H3,(H,15,17). The summed E-state index contributed by atoms with van der Waals surface area (Å²) in [6, 6.07) is 7.56. The van der Waals surface area contributed by atoms with E-state index in [0.29, 0.717) is 13.0 Å². The number of hydrogen-bond acceptors (Lipinski definition) is 3. The average molecular weight is 236 g/mol. The summed E-state index contributed by atoms with van der Waals surface area (Å²) in [6.45, 7) is 1.46. The SMILES string of the molecule is CNCCCC(=O)NCc1ccc(CO)cc1. The second kappa shape index (κ2) is 7.81. The van der Waals surface area contributed by atoms with Crippen molar-refractivity contribution in [2.24, 2.45) is 0 Å². The van der Waals surface area contributed by atoms with Crippen molar-refractivity contribution in [2.75, 3.05) is 13.6 Å². The number of benzene rings is 1. The van der Waals surface area contributed by atoms with E-state index in [1.165, 1.54) is 0 Å². The topological polar surface area (TPSA) is 61.4 Å². The normalized spacial score (nSPS) is 10.2. The van der Waals surface area contributed by atoms with E-state index in [0.717, 1.165) is 24.1 Å². The van der Waals surface area contributed by atoms with E-state index in [1.807, 2.05) is 31.3 Å². The van der Waals surface area contributed by atoms with E-state index in [4.69, 9.17) is 5.11 Å². The van der Waals surface area contributed by atoms with Crippen molar-refractivity contribution in [3.8, 4) is 0 Å². The quantitative estimate of drug-likeness (QED) is 0.614. The first-order chi connectivity index (χ1) is 8.26. The van der Waals surface area contributed by atoms with Crippen LogP contribution in [0.2, 0.25) is 0 Å². The maximum atomic E-state index is 11.4. The second-order valence-corrected chi connectivity index (χ2v) is 3.96. The summed E-state index contributed by atoms with van der Waals surface area (Å²) in [5.74, 6) is 0.0754.